The quantitative estimate of drug-likeness (QED) is 0.438. The largest absolute Gasteiger partial charge is 0.618 e. The summed E-state index contributed by atoms with van der Waals surface area (Å²) in [5.41, 5.74) is 1.23. The molecule has 0 aliphatic rings. The van der Waals surface area contributed by atoms with E-state index in [0.717, 1.165) is 28.0 Å². The van der Waals surface area contributed by atoms with Gasteiger partial charge in [0, 0.05) is 25.6 Å². The molecule has 158 valence electrons. The van der Waals surface area contributed by atoms with Crippen LogP contribution >= 0.6 is 0 Å². The summed E-state index contributed by atoms with van der Waals surface area (Å²) in [5.74, 6) is 1.81. The predicted octanol–water partition coefficient (Wildman–Crippen LogP) is 3.56. The molecular weight excluding hydrogens is 370 g/mol. The summed E-state index contributed by atoms with van der Waals surface area (Å²) in [4.78, 5) is 4.70. The van der Waals surface area contributed by atoms with Crippen LogP contribution < -0.4 is 9.47 Å². The first-order valence-electron chi connectivity index (χ1n) is 10.2. The topological polar surface area (TPSA) is 83.5 Å². The minimum Gasteiger partial charge on any atom is -0.618 e. The molecule has 3 rings (SSSR count). The number of rotatable bonds is 9. The first-order valence-corrected chi connectivity index (χ1v) is 10.2. The molecule has 0 fully saturated rings. The van der Waals surface area contributed by atoms with Crippen molar-refractivity contribution in [2.75, 3.05) is 13.2 Å². The van der Waals surface area contributed by atoms with Gasteiger partial charge in [-0.1, -0.05) is 19.9 Å². The van der Waals surface area contributed by atoms with Crippen LogP contribution in [-0.2, 0) is 17.9 Å². The Kier molecular flexibility index (Phi) is 6.29. The van der Waals surface area contributed by atoms with Crippen molar-refractivity contribution in [3.8, 4) is 5.75 Å². The van der Waals surface area contributed by atoms with Gasteiger partial charge in [0.1, 0.15) is 23.6 Å². The third-order valence-electron chi connectivity index (χ3n) is 4.75. The highest BCUT2D eigenvalue weighted by Gasteiger charge is 2.22. The van der Waals surface area contributed by atoms with Gasteiger partial charge in [-0.15, -0.1) is 0 Å². The van der Waals surface area contributed by atoms with Gasteiger partial charge in [-0.2, -0.15) is 4.73 Å². The smallest absolute Gasteiger partial charge is 0.229 e. The van der Waals surface area contributed by atoms with E-state index in [9.17, 15) is 10.3 Å². The first kappa shape index (κ1) is 21.3. The van der Waals surface area contributed by atoms with Crippen molar-refractivity contribution in [1.82, 2.24) is 9.55 Å². The number of fused-ring (bicyclic) bond motifs is 3. The van der Waals surface area contributed by atoms with E-state index in [0.29, 0.717) is 48.9 Å². The Bertz CT molecular complexity index is 989. The van der Waals surface area contributed by atoms with Crippen LogP contribution in [0.1, 0.15) is 46.9 Å². The van der Waals surface area contributed by atoms with E-state index in [4.69, 9.17) is 14.5 Å². The summed E-state index contributed by atoms with van der Waals surface area (Å²) in [6.07, 6.45) is 2.00. The molecule has 3 aromatic rings. The number of nitrogens with zero attached hydrogens (tertiary/aromatic N) is 3. The van der Waals surface area contributed by atoms with E-state index in [2.05, 4.69) is 18.4 Å². The number of ether oxygens (including phenoxy) is 2. The Hall–Kier alpha value is -2.38. The number of aromatic nitrogens is 3. The predicted molar refractivity (Wildman–Crippen MR) is 113 cm³/mol. The molecular formula is C22H31N3O4. The molecule has 29 heavy (non-hydrogen) atoms. The van der Waals surface area contributed by atoms with Gasteiger partial charge in [-0.05, 0) is 32.8 Å². The molecule has 0 aliphatic carbocycles. The van der Waals surface area contributed by atoms with E-state index >= 15 is 0 Å². The van der Waals surface area contributed by atoms with Crippen molar-refractivity contribution < 1.29 is 19.3 Å². The molecule has 0 unspecified atom stereocenters. The zero-order valence-electron chi connectivity index (χ0n) is 17.9. The van der Waals surface area contributed by atoms with E-state index in [1.54, 1.807) is 19.9 Å². The molecule has 2 aromatic heterocycles. The standard InChI is InChI=1S/C22H31N3O4/c1-6-28-14-19-23-16-13-25(27)17-8-7-9-18(29-11-10-22(4,5)26)20(17)21(16)24(19)12-15(2)3/h7-9,13,15,26H,6,10-12,14H2,1-5H3. The van der Waals surface area contributed by atoms with Gasteiger partial charge in [0.05, 0.1) is 17.7 Å². The minimum atomic E-state index is -0.817. The Balaban J connectivity index is 2.19. The molecule has 0 aliphatic heterocycles. The summed E-state index contributed by atoms with van der Waals surface area (Å²) >= 11 is 0. The highest BCUT2D eigenvalue weighted by atomic mass is 16.5. The first-order chi connectivity index (χ1) is 13.7. The molecule has 0 saturated heterocycles. The average molecular weight is 402 g/mol. The Morgan fingerprint density at radius 3 is 2.72 bits per heavy atom. The molecule has 0 radical (unpaired) electrons. The van der Waals surface area contributed by atoms with E-state index in [1.165, 1.54) is 6.20 Å². The molecule has 1 N–H and O–H groups in total. The Morgan fingerprint density at radius 2 is 2.07 bits per heavy atom. The molecule has 7 nitrogen and oxygen atoms in total. The number of aliphatic hydroxyl groups is 1. The van der Waals surface area contributed by atoms with Crippen LogP contribution in [0.4, 0.5) is 0 Å². The molecule has 7 heteroatoms. The third-order valence-corrected chi connectivity index (χ3v) is 4.75. The number of benzene rings is 1. The second-order valence-corrected chi connectivity index (χ2v) is 8.42. The van der Waals surface area contributed by atoms with Crippen LogP contribution in [0.2, 0.25) is 0 Å². The fraction of sp³-hybridized carbons (Fsp3) is 0.545. The molecule has 0 spiro atoms. The van der Waals surface area contributed by atoms with Gasteiger partial charge >= 0.3 is 0 Å². The Labute approximate surface area is 171 Å². The third kappa shape index (κ3) is 4.79. The zero-order valence-corrected chi connectivity index (χ0v) is 17.9. The SMILES string of the molecule is CCOCc1nc2c[n+]([O-])c3cccc(OCCC(C)(C)O)c3c2n1CC(C)C. The van der Waals surface area contributed by atoms with Gasteiger partial charge in [0.25, 0.3) is 0 Å². The summed E-state index contributed by atoms with van der Waals surface area (Å²) in [5, 5.41) is 23.4. The lowest BCUT2D eigenvalue weighted by atomic mass is 10.1. The van der Waals surface area contributed by atoms with Crippen LogP contribution in [-0.4, -0.2) is 33.5 Å². The fourth-order valence-electron chi connectivity index (χ4n) is 3.39. The van der Waals surface area contributed by atoms with Gasteiger partial charge in [0.15, 0.2) is 5.52 Å². The van der Waals surface area contributed by atoms with Crippen LogP contribution in [0.25, 0.3) is 21.9 Å². The monoisotopic (exact) mass is 401 g/mol. The fourth-order valence-corrected chi connectivity index (χ4v) is 3.39. The van der Waals surface area contributed by atoms with Crippen molar-refractivity contribution in [2.45, 2.75) is 59.8 Å². The number of hydrogen-bond acceptors (Lipinski definition) is 5. The normalized spacial score (nSPS) is 12.4. The Morgan fingerprint density at radius 1 is 1.31 bits per heavy atom. The van der Waals surface area contributed by atoms with Crippen molar-refractivity contribution in [3.63, 3.8) is 0 Å². The molecule has 2 heterocycles. The zero-order chi connectivity index (χ0) is 21.2. The number of imidazole rings is 1. The van der Waals surface area contributed by atoms with Crippen LogP contribution in [0.3, 0.4) is 0 Å². The molecule has 0 amide bonds. The molecule has 1 aromatic carbocycles. The van der Waals surface area contributed by atoms with Crippen molar-refractivity contribution in [2.24, 2.45) is 5.92 Å². The number of pyridine rings is 1. The van der Waals surface area contributed by atoms with E-state index in [1.807, 2.05) is 19.1 Å². The van der Waals surface area contributed by atoms with E-state index in [-0.39, 0.29) is 0 Å². The van der Waals surface area contributed by atoms with E-state index < -0.39 is 5.60 Å². The number of hydrogen-bond donors (Lipinski definition) is 1. The maximum Gasteiger partial charge on any atom is 0.229 e. The highest BCUT2D eigenvalue weighted by molar-refractivity contribution is 6.04. The van der Waals surface area contributed by atoms with Gasteiger partial charge in [-0.3, -0.25) is 0 Å². The second kappa shape index (κ2) is 8.55. The maximum atomic E-state index is 12.7. The summed E-state index contributed by atoms with van der Waals surface area (Å²) in [6, 6.07) is 5.47. The molecule has 0 bridgehead atoms. The maximum absolute atomic E-state index is 12.7. The van der Waals surface area contributed by atoms with Crippen LogP contribution in [0.5, 0.6) is 5.75 Å². The van der Waals surface area contributed by atoms with Crippen molar-refractivity contribution in [3.05, 3.63) is 35.4 Å². The lowest BCUT2D eigenvalue weighted by Crippen LogP contribution is -2.27. The van der Waals surface area contributed by atoms with Crippen LogP contribution in [0.15, 0.2) is 24.4 Å². The molecule has 0 saturated carbocycles. The lowest BCUT2D eigenvalue weighted by Gasteiger charge is -2.18. The average Bonchev–Trinajstić information content (AvgIpc) is 2.95. The summed E-state index contributed by atoms with van der Waals surface area (Å²) in [7, 11) is 0. The lowest BCUT2D eigenvalue weighted by molar-refractivity contribution is -0.575. The minimum absolute atomic E-state index is 0.349. The van der Waals surface area contributed by atoms with Gasteiger partial charge in [-0.25, -0.2) is 4.98 Å². The van der Waals surface area contributed by atoms with Gasteiger partial charge < -0.3 is 24.4 Å². The molecule has 0 atom stereocenters. The summed E-state index contributed by atoms with van der Waals surface area (Å²) < 4.78 is 14.6. The van der Waals surface area contributed by atoms with Crippen molar-refractivity contribution >= 4 is 21.9 Å². The van der Waals surface area contributed by atoms with Gasteiger partial charge in [0.2, 0.25) is 11.7 Å². The second-order valence-electron chi connectivity index (χ2n) is 8.42. The highest BCUT2D eigenvalue weighted by Crippen LogP contribution is 2.32. The van der Waals surface area contributed by atoms with Crippen molar-refractivity contribution in [1.29, 1.82) is 0 Å². The van der Waals surface area contributed by atoms with Crippen LogP contribution in [0, 0.1) is 11.1 Å². The summed E-state index contributed by atoms with van der Waals surface area (Å²) in [6.45, 7) is 11.8.